The minimum atomic E-state index is 0.201. The second kappa shape index (κ2) is 8.33. The quantitative estimate of drug-likeness (QED) is 0.419. The first kappa shape index (κ1) is 17.0. The Labute approximate surface area is 145 Å². The minimum Gasteiger partial charge on any atom is -0.294 e. The summed E-state index contributed by atoms with van der Waals surface area (Å²) in [6.45, 7) is 0. The van der Waals surface area contributed by atoms with Crippen molar-refractivity contribution in [2.45, 2.75) is 70.6 Å². The number of rotatable bonds is 6. The van der Waals surface area contributed by atoms with E-state index in [-0.39, 0.29) is 5.78 Å². The van der Waals surface area contributed by atoms with E-state index in [1.165, 1.54) is 57.8 Å². The van der Waals surface area contributed by atoms with Gasteiger partial charge in [0.2, 0.25) is 0 Å². The molecule has 3 unspecified atom stereocenters. The van der Waals surface area contributed by atoms with Crippen LogP contribution < -0.4 is 0 Å². The number of carbonyl (C=O) groups is 1. The van der Waals surface area contributed by atoms with E-state index in [9.17, 15) is 4.79 Å². The Morgan fingerprint density at radius 2 is 1.83 bits per heavy atom. The van der Waals surface area contributed by atoms with Crippen LogP contribution in [0, 0.1) is 17.8 Å². The summed E-state index contributed by atoms with van der Waals surface area (Å²) in [4.78, 5) is 12.2. The van der Waals surface area contributed by atoms with Gasteiger partial charge in [-0.1, -0.05) is 68.7 Å². The second-order valence-electron chi connectivity index (χ2n) is 7.73. The van der Waals surface area contributed by atoms with Gasteiger partial charge in [0.05, 0.1) is 5.02 Å². The molecule has 1 aromatic rings. The van der Waals surface area contributed by atoms with Crippen LogP contribution in [0.4, 0.5) is 0 Å². The minimum absolute atomic E-state index is 0.201. The summed E-state index contributed by atoms with van der Waals surface area (Å²) in [6.07, 6.45) is 14.4. The summed E-state index contributed by atoms with van der Waals surface area (Å²) in [5, 5.41) is 0.591. The molecule has 1 nitrogen and oxygen atoms in total. The van der Waals surface area contributed by atoms with Gasteiger partial charge < -0.3 is 0 Å². The fourth-order valence-corrected chi connectivity index (χ4v) is 4.98. The van der Waals surface area contributed by atoms with Gasteiger partial charge in [0.1, 0.15) is 0 Å². The molecule has 0 N–H and O–H groups in total. The lowest BCUT2D eigenvalue weighted by Gasteiger charge is -2.26. The highest BCUT2D eigenvalue weighted by atomic mass is 35.5. The number of carbonyl (C=O) groups excluding carboxylic acids is 1. The Kier molecular flexibility index (Phi) is 6.16. The van der Waals surface area contributed by atoms with Gasteiger partial charge in [-0.2, -0.15) is 0 Å². The van der Waals surface area contributed by atoms with Crippen molar-refractivity contribution in [3.63, 3.8) is 0 Å². The normalized spacial score (nSPS) is 27.4. The monoisotopic (exact) mass is 332 g/mol. The van der Waals surface area contributed by atoms with Gasteiger partial charge in [-0.05, 0) is 49.1 Å². The second-order valence-corrected chi connectivity index (χ2v) is 8.13. The number of hydrogen-bond acceptors (Lipinski definition) is 1. The average Bonchev–Trinajstić information content (AvgIpc) is 2.70. The molecule has 0 saturated heterocycles. The summed E-state index contributed by atoms with van der Waals surface area (Å²) < 4.78 is 0. The Morgan fingerprint density at radius 1 is 1.00 bits per heavy atom. The lowest BCUT2D eigenvalue weighted by atomic mass is 9.80. The van der Waals surface area contributed by atoms with E-state index >= 15 is 0 Å². The summed E-state index contributed by atoms with van der Waals surface area (Å²) in [5.74, 6) is 3.15. The van der Waals surface area contributed by atoms with Crippen molar-refractivity contribution >= 4 is 17.4 Å². The van der Waals surface area contributed by atoms with Crippen LogP contribution in [-0.4, -0.2) is 5.78 Å². The fraction of sp³-hybridized carbons (Fsp3) is 0.667. The van der Waals surface area contributed by atoms with E-state index in [2.05, 4.69) is 0 Å². The molecule has 0 heterocycles. The molecule has 2 aliphatic rings. The van der Waals surface area contributed by atoms with Gasteiger partial charge in [0, 0.05) is 12.0 Å². The molecule has 0 spiro atoms. The number of unbranched alkanes of at least 4 members (excludes halogenated alkanes) is 1. The zero-order valence-electron chi connectivity index (χ0n) is 14.1. The molecule has 2 heteroatoms. The van der Waals surface area contributed by atoms with Crippen molar-refractivity contribution in [3.05, 3.63) is 34.9 Å². The summed E-state index contributed by atoms with van der Waals surface area (Å²) in [7, 11) is 0. The van der Waals surface area contributed by atoms with Crippen LogP contribution in [-0.2, 0) is 0 Å². The van der Waals surface area contributed by atoms with Crippen LogP contribution in [0.1, 0.15) is 81.0 Å². The number of halogens is 1. The van der Waals surface area contributed by atoms with Crippen molar-refractivity contribution in [1.82, 2.24) is 0 Å². The molecule has 2 fully saturated rings. The smallest absolute Gasteiger partial charge is 0.164 e. The van der Waals surface area contributed by atoms with Gasteiger partial charge in [-0.3, -0.25) is 4.79 Å². The standard InChI is InChI=1S/C21H29ClO/c22-20-10-3-2-9-19(20)21(23)11-4-1-6-16-12-13-17-7-5-8-18(14-16)15-17/h2-3,9-10,16-18H,1,4-8,11-15H2. The molecule has 0 aromatic heterocycles. The topological polar surface area (TPSA) is 17.1 Å². The molecule has 3 rings (SSSR count). The lowest BCUT2D eigenvalue weighted by molar-refractivity contribution is 0.0978. The van der Waals surface area contributed by atoms with E-state index in [0.717, 1.165) is 24.2 Å². The van der Waals surface area contributed by atoms with Crippen molar-refractivity contribution in [2.75, 3.05) is 0 Å². The Balaban J connectivity index is 1.39. The highest BCUT2D eigenvalue weighted by Gasteiger charge is 2.28. The molecule has 0 amide bonds. The molecule has 0 radical (unpaired) electrons. The van der Waals surface area contributed by atoms with Crippen LogP contribution in [0.2, 0.25) is 5.02 Å². The van der Waals surface area contributed by atoms with E-state index in [1.807, 2.05) is 18.2 Å². The van der Waals surface area contributed by atoms with Crippen LogP contribution >= 0.6 is 11.6 Å². The van der Waals surface area contributed by atoms with E-state index in [4.69, 9.17) is 11.6 Å². The van der Waals surface area contributed by atoms with Crippen LogP contribution in [0.25, 0.3) is 0 Å². The molecular weight excluding hydrogens is 304 g/mol. The third-order valence-electron chi connectivity index (χ3n) is 5.98. The van der Waals surface area contributed by atoms with Gasteiger partial charge in [0.15, 0.2) is 5.78 Å². The maximum Gasteiger partial charge on any atom is 0.164 e. The third kappa shape index (κ3) is 4.83. The van der Waals surface area contributed by atoms with Crippen molar-refractivity contribution < 1.29 is 4.79 Å². The Morgan fingerprint density at radius 3 is 2.70 bits per heavy atom. The predicted octanol–water partition coefficient (Wildman–Crippen LogP) is 6.69. The largest absolute Gasteiger partial charge is 0.294 e. The first-order valence-electron chi connectivity index (χ1n) is 9.50. The van der Waals surface area contributed by atoms with Crippen LogP contribution in [0.3, 0.4) is 0 Å². The number of hydrogen-bond donors (Lipinski definition) is 0. The highest BCUT2D eigenvalue weighted by molar-refractivity contribution is 6.33. The molecule has 1 aromatic carbocycles. The maximum absolute atomic E-state index is 12.2. The first-order valence-corrected chi connectivity index (χ1v) is 9.88. The number of benzene rings is 1. The zero-order chi connectivity index (χ0) is 16.1. The fourth-order valence-electron chi connectivity index (χ4n) is 4.74. The molecule has 0 aliphatic heterocycles. The van der Waals surface area contributed by atoms with E-state index in [1.54, 1.807) is 6.07 Å². The predicted molar refractivity (Wildman–Crippen MR) is 97.0 cm³/mol. The molecule has 2 bridgehead atoms. The zero-order valence-corrected chi connectivity index (χ0v) is 14.9. The van der Waals surface area contributed by atoms with Crippen molar-refractivity contribution in [2.24, 2.45) is 17.8 Å². The number of Topliss-reactive ketones (excluding diaryl/α,β-unsaturated/α-hetero) is 1. The van der Waals surface area contributed by atoms with Crippen molar-refractivity contribution in [3.8, 4) is 0 Å². The van der Waals surface area contributed by atoms with E-state index < -0.39 is 0 Å². The maximum atomic E-state index is 12.2. The molecule has 3 atom stereocenters. The molecular formula is C21H29ClO. The molecule has 126 valence electrons. The third-order valence-corrected chi connectivity index (χ3v) is 6.31. The lowest BCUT2D eigenvalue weighted by Crippen LogP contribution is -2.13. The Hall–Kier alpha value is -0.820. The van der Waals surface area contributed by atoms with E-state index in [0.29, 0.717) is 17.0 Å². The molecule has 23 heavy (non-hydrogen) atoms. The molecule has 2 aliphatic carbocycles. The average molecular weight is 333 g/mol. The molecule has 2 saturated carbocycles. The summed E-state index contributed by atoms with van der Waals surface area (Å²) in [6, 6.07) is 7.42. The van der Waals surface area contributed by atoms with Crippen LogP contribution in [0.5, 0.6) is 0 Å². The number of fused-ring (bicyclic) bond motifs is 2. The van der Waals surface area contributed by atoms with Crippen molar-refractivity contribution in [1.29, 1.82) is 0 Å². The number of ketones is 1. The SMILES string of the molecule is O=C(CCCCC1CCC2CCCC(C1)C2)c1ccccc1Cl. The van der Waals surface area contributed by atoms with Gasteiger partial charge in [-0.25, -0.2) is 0 Å². The van der Waals surface area contributed by atoms with Crippen LogP contribution in [0.15, 0.2) is 24.3 Å². The first-order chi connectivity index (χ1) is 11.2. The summed E-state index contributed by atoms with van der Waals surface area (Å²) >= 11 is 6.10. The Bertz CT molecular complexity index is 524. The van der Waals surface area contributed by atoms with Gasteiger partial charge in [-0.15, -0.1) is 0 Å². The van der Waals surface area contributed by atoms with Gasteiger partial charge in [0.25, 0.3) is 0 Å². The summed E-state index contributed by atoms with van der Waals surface area (Å²) in [5.41, 5.74) is 0.692. The highest BCUT2D eigenvalue weighted by Crippen LogP contribution is 2.41. The van der Waals surface area contributed by atoms with Gasteiger partial charge >= 0.3 is 0 Å².